The van der Waals surface area contributed by atoms with Crippen LogP contribution in [0.4, 0.5) is 5.69 Å². The van der Waals surface area contributed by atoms with Crippen molar-refractivity contribution < 1.29 is 14.3 Å². The van der Waals surface area contributed by atoms with Gasteiger partial charge in [-0.2, -0.15) is 0 Å². The lowest BCUT2D eigenvalue weighted by Gasteiger charge is -2.12. The van der Waals surface area contributed by atoms with E-state index in [4.69, 9.17) is 5.73 Å². The van der Waals surface area contributed by atoms with Crippen LogP contribution in [0.25, 0.3) is 0 Å². The molecule has 1 aromatic carbocycles. The summed E-state index contributed by atoms with van der Waals surface area (Å²) < 4.78 is 4.52. The molecule has 5 nitrogen and oxygen atoms in total. The van der Waals surface area contributed by atoms with Gasteiger partial charge in [-0.25, -0.2) is 0 Å². The van der Waals surface area contributed by atoms with E-state index >= 15 is 0 Å². The maximum Gasteiger partial charge on any atom is 0.307 e. The molecule has 0 saturated carbocycles. The van der Waals surface area contributed by atoms with Crippen LogP contribution in [-0.4, -0.2) is 25.0 Å². The van der Waals surface area contributed by atoms with Gasteiger partial charge in [0, 0.05) is 17.3 Å². The zero-order valence-corrected chi connectivity index (χ0v) is 9.90. The largest absolute Gasteiger partial charge is 0.469 e. The van der Waals surface area contributed by atoms with Gasteiger partial charge in [0.2, 0.25) is 0 Å². The van der Waals surface area contributed by atoms with Gasteiger partial charge < -0.3 is 15.8 Å². The van der Waals surface area contributed by atoms with E-state index in [0.717, 1.165) is 0 Å². The molecule has 1 aromatic rings. The molecule has 92 valence electrons. The molecular weight excluding hydrogens is 220 g/mol. The van der Waals surface area contributed by atoms with Crippen LogP contribution in [-0.2, 0) is 9.53 Å². The maximum atomic E-state index is 11.7. The molecule has 0 bridgehead atoms. The van der Waals surface area contributed by atoms with Gasteiger partial charge in [-0.1, -0.05) is 0 Å². The van der Waals surface area contributed by atoms with E-state index in [0.29, 0.717) is 11.3 Å². The highest BCUT2D eigenvalue weighted by Gasteiger charge is 2.13. The van der Waals surface area contributed by atoms with Crippen molar-refractivity contribution in [3.05, 3.63) is 29.8 Å². The number of amides is 1. The van der Waals surface area contributed by atoms with Crippen LogP contribution in [0.3, 0.4) is 0 Å². The lowest BCUT2D eigenvalue weighted by Crippen LogP contribution is -2.34. The summed E-state index contributed by atoms with van der Waals surface area (Å²) in [7, 11) is 1.32. The molecule has 0 aromatic heterocycles. The molecule has 0 radical (unpaired) electrons. The first-order valence-electron chi connectivity index (χ1n) is 5.26. The molecule has 0 aliphatic carbocycles. The molecule has 0 heterocycles. The van der Waals surface area contributed by atoms with Gasteiger partial charge in [0.05, 0.1) is 13.5 Å². The van der Waals surface area contributed by atoms with Crippen LogP contribution < -0.4 is 11.1 Å². The number of rotatable bonds is 4. The second-order valence-corrected chi connectivity index (χ2v) is 3.78. The standard InChI is InChI=1S/C12H16N2O3/c1-8(7-11(15)17-2)14-12(16)9-3-5-10(13)6-4-9/h3-6,8H,7,13H2,1-2H3,(H,14,16). The number of hydrogen-bond donors (Lipinski definition) is 2. The number of carbonyl (C=O) groups is 2. The van der Waals surface area contributed by atoms with Gasteiger partial charge in [0.15, 0.2) is 0 Å². The van der Waals surface area contributed by atoms with Crippen molar-refractivity contribution in [2.24, 2.45) is 0 Å². The number of nitrogens with two attached hydrogens (primary N) is 1. The molecule has 3 N–H and O–H groups in total. The van der Waals surface area contributed by atoms with E-state index in [9.17, 15) is 9.59 Å². The molecular formula is C12H16N2O3. The predicted octanol–water partition coefficient (Wildman–Crippen LogP) is 0.950. The Morgan fingerprint density at radius 1 is 1.35 bits per heavy atom. The molecule has 5 heteroatoms. The first-order valence-corrected chi connectivity index (χ1v) is 5.26. The molecule has 1 unspecified atom stereocenters. The number of anilines is 1. The Kier molecular flexibility index (Phi) is 4.51. The molecule has 0 aliphatic rings. The highest BCUT2D eigenvalue weighted by atomic mass is 16.5. The van der Waals surface area contributed by atoms with Crippen molar-refractivity contribution in [2.75, 3.05) is 12.8 Å². The number of methoxy groups -OCH3 is 1. The minimum absolute atomic E-state index is 0.150. The molecule has 0 fully saturated rings. The fraction of sp³-hybridized carbons (Fsp3) is 0.333. The van der Waals surface area contributed by atoms with Gasteiger partial charge in [0.1, 0.15) is 0 Å². The summed E-state index contributed by atoms with van der Waals surface area (Å²) in [5.74, 6) is -0.587. The molecule has 17 heavy (non-hydrogen) atoms. The quantitative estimate of drug-likeness (QED) is 0.602. The second kappa shape index (κ2) is 5.89. The van der Waals surface area contributed by atoms with E-state index in [1.807, 2.05) is 0 Å². The average molecular weight is 236 g/mol. The van der Waals surface area contributed by atoms with Crippen molar-refractivity contribution in [2.45, 2.75) is 19.4 Å². The van der Waals surface area contributed by atoms with Gasteiger partial charge in [-0.15, -0.1) is 0 Å². The van der Waals surface area contributed by atoms with Crippen LogP contribution in [0.15, 0.2) is 24.3 Å². The van der Waals surface area contributed by atoms with Crippen LogP contribution in [0, 0.1) is 0 Å². The van der Waals surface area contributed by atoms with E-state index in [1.165, 1.54) is 7.11 Å². The topological polar surface area (TPSA) is 81.4 Å². The van der Waals surface area contributed by atoms with Crippen molar-refractivity contribution in [1.82, 2.24) is 5.32 Å². The van der Waals surface area contributed by atoms with E-state index in [1.54, 1.807) is 31.2 Å². The van der Waals surface area contributed by atoms with Gasteiger partial charge in [-0.3, -0.25) is 9.59 Å². The Bertz CT molecular complexity index is 401. The summed E-state index contributed by atoms with van der Waals surface area (Å²) >= 11 is 0. The van der Waals surface area contributed by atoms with Crippen molar-refractivity contribution in [1.29, 1.82) is 0 Å². The zero-order chi connectivity index (χ0) is 12.8. The Balaban J connectivity index is 2.54. The third-order valence-electron chi connectivity index (χ3n) is 2.25. The number of hydrogen-bond acceptors (Lipinski definition) is 4. The highest BCUT2D eigenvalue weighted by Crippen LogP contribution is 2.06. The molecule has 0 spiro atoms. The van der Waals surface area contributed by atoms with Crippen LogP contribution in [0.2, 0.25) is 0 Å². The van der Waals surface area contributed by atoms with Crippen molar-refractivity contribution >= 4 is 17.6 Å². The first kappa shape index (κ1) is 13.0. The minimum atomic E-state index is -0.352. The molecule has 1 rings (SSSR count). The number of nitrogens with one attached hydrogen (secondary N) is 1. The maximum absolute atomic E-state index is 11.7. The van der Waals surface area contributed by atoms with E-state index in [-0.39, 0.29) is 24.3 Å². The van der Waals surface area contributed by atoms with Crippen LogP contribution in [0.5, 0.6) is 0 Å². The van der Waals surface area contributed by atoms with E-state index in [2.05, 4.69) is 10.1 Å². The second-order valence-electron chi connectivity index (χ2n) is 3.78. The van der Waals surface area contributed by atoms with Crippen molar-refractivity contribution in [3.63, 3.8) is 0 Å². The summed E-state index contributed by atoms with van der Waals surface area (Å²) in [5, 5.41) is 2.70. The number of ether oxygens (including phenoxy) is 1. The smallest absolute Gasteiger partial charge is 0.307 e. The minimum Gasteiger partial charge on any atom is -0.469 e. The zero-order valence-electron chi connectivity index (χ0n) is 9.90. The van der Waals surface area contributed by atoms with Gasteiger partial charge in [-0.05, 0) is 31.2 Å². The number of esters is 1. The molecule has 1 atom stereocenters. The van der Waals surface area contributed by atoms with Crippen molar-refractivity contribution in [3.8, 4) is 0 Å². The Morgan fingerprint density at radius 3 is 2.47 bits per heavy atom. The fourth-order valence-electron chi connectivity index (χ4n) is 1.33. The third kappa shape index (κ3) is 4.14. The lowest BCUT2D eigenvalue weighted by molar-refractivity contribution is -0.141. The Hall–Kier alpha value is -2.04. The number of nitrogen functional groups attached to an aromatic ring is 1. The first-order chi connectivity index (χ1) is 8.02. The Morgan fingerprint density at radius 2 is 1.94 bits per heavy atom. The lowest BCUT2D eigenvalue weighted by atomic mass is 10.1. The fourth-order valence-corrected chi connectivity index (χ4v) is 1.33. The summed E-state index contributed by atoms with van der Waals surface area (Å²) in [6, 6.07) is 6.30. The van der Waals surface area contributed by atoms with E-state index < -0.39 is 0 Å². The van der Waals surface area contributed by atoms with Crippen LogP contribution >= 0.6 is 0 Å². The predicted molar refractivity (Wildman–Crippen MR) is 64.4 cm³/mol. The molecule has 1 amide bonds. The summed E-state index contributed by atoms with van der Waals surface area (Å²) in [4.78, 5) is 22.7. The summed E-state index contributed by atoms with van der Waals surface area (Å²) in [5.41, 5.74) is 6.63. The SMILES string of the molecule is COC(=O)CC(C)NC(=O)c1ccc(N)cc1. The Labute approximate surface area is 99.9 Å². The number of carbonyl (C=O) groups excluding carboxylic acids is 2. The normalized spacial score (nSPS) is 11.6. The number of benzene rings is 1. The molecule has 0 saturated heterocycles. The van der Waals surface area contributed by atoms with Gasteiger partial charge in [0.25, 0.3) is 5.91 Å². The summed E-state index contributed by atoms with van der Waals surface area (Å²) in [6.07, 6.45) is 0.150. The highest BCUT2D eigenvalue weighted by molar-refractivity contribution is 5.94. The third-order valence-corrected chi connectivity index (χ3v) is 2.25. The van der Waals surface area contributed by atoms with Gasteiger partial charge >= 0.3 is 5.97 Å². The molecule has 0 aliphatic heterocycles. The average Bonchev–Trinajstić information content (AvgIpc) is 2.29. The summed E-state index contributed by atoms with van der Waals surface area (Å²) in [6.45, 7) is 1.74. The monoisotopic (exact) mass is 236 g/mol. The van der Waals surface area contributed by atoms with Crippen LogP contribution in [0.1, 0.15) is 23.7 Å².